The second-order valence-corrected chi connectivity index (χ2v) is 4.65. The number of nitrogens with one attached hydrogen (secondary N) is 1. The predicted molar refractivity (Wildman–Crippen MR) is 48.9 cm³/mol. The van der Waals surface area contributed by atoms with Gasteiger partial charge in [0, 0.05) is 0 Å². The van der Waals surface area contributed by atoms with Crippen molar-refractivity contribution in [3.05, 3.63) is 0 Å². The van der Waals surface area contributed by atoms with Crippen LogP contribution in [-0.2, 0) is 0 Å². The van der Waals surface area contributed by atoms with E-state index in [0.29, 0.717) is 0 Å². The first-order valence-corrected chi connectivity index (χ1v) is 5.13. The average Bonchev–Trinajstić information content (AvgIpc) is 2.66. The van der Waals surface area contributed by atoms with Gasteiger partial charge >= 0.3 is 0 Å². The highest BCUT2D eigenvalue weighted by atomic mass is 16.3. The molecule has 70 valence electrons. The van der Waals surface area contributed by atoms with Crippen LogP contribution in [0.3, 0.4) is 0 Å². The van der Waals surface area contributed by atoms with Crippen LogP contribution in [0.5, 0.6) is 0 Å². The molecule has 1 heterocycles. The van der Waals surface area contributed by atoms with Crippen molar-refractivity contribution in [1.29, 1.82) is 0 Å². The van der Waals surface area contributed by atoms with Crippen molar-refractivity contribution in [2.45, 2.75) is 38.2 Å². The highest BCUT2D eigenvalue weighted by molar-refractivity contribution is 4.93. The van der Waals surface area contributed by atoms with Crippen molar-refractivity contribution in [2.24, 2.45) is 11.8 Å². The number of aliphatic hydroxyl groups is 1. The fraction of sp³-hybridized carbons (Fsp3) is 1.00. The lowest BCUT2D eigenvalue weighted by Gasteiger charge is -2.32. The number of hydrogen-bond acceptors (Lipinski definition) is 2. The van der Waals surface area contributed by atoms with E-state index in [1.807, 2.05) is 0 Å². The second-order valence-electron chi connectivity index (χ2n) is 4.65. The van der Waals surface area contributed by atoms with Crippen LogP contribution >= 0.6 is 0 Å². The highest BCUT2D eigenvalue weighted by Crippen LogP contribution is 2.45. The normalized spacial score (nSPS) is 39.5. The lowest BCUT2D eigenvalue weighted by atomic mass is 9.87. The molecule has 12 heavy (non-hydrogen) atoms. The molecule has 1 saturated carbocycles. The molecule has 0 radical (unpaired) electrons. The van der Waals surface area contributed by atoms with Crippen molar-refractivity contribution >= 4 is 0 Å². The third-order valence-corrected chi connectivity index (χ3v) is 3.45. The van der Waals surface area contributed by atoms with E-state index in [9.17, 15) is 5.11 Å². The molecule has 2 unspecified atom stereocenters. The summed E-state index contributed by atoms with van der Waals surface area (Å²) in [6, 6.07) is 0. The zero-order chi connectivity index (χ0) is 8.60. The van der Waals surface area contributed by atoms with E-state index in [1.54, 1.807) is 0 Å². The molecule has 1 aliphatic carbocycles. The average molecular weight is 169 g/mol. The Labute approximate surface area is 74.4 Å². The largest absolute Gasteiger partial charge is 0.390 e. The Hall–Kier alpha value is -0.0800. The first kappa shape index (κ1) is 8.52. The van der Waals surface area contributed by atoms with E-state index in [1.165, 1.54) is 6.42 Å². The van der Waals surface area contributed by atoms with Crippen LogP contribution < -0.4 is 5.32 Å². The summed E-state index contributed by atoms with van der Waals surface area (Å²) in [5.41, 5.74) is -0.319. The maximum absolute atomic E-state index is 10.2. The Morgan fingerprint density at radius 1 is 1.42 bits per heavy atom. The molecule has 2 nitrogen and oxygen atoms in total. The SMILES string of the molecule is CC1CC1CC1(O)CCNCC1. The summed E-state index contributed by atoms with van der Waals surface area (Å²) in [5, 5.41) is 13.4. The van der Waals surface area contributed by atoms with E-state index in [-0.39, 0.29) is 5.60 Å². The first-order chi connectivity index (χ1) is 5.70. The molecule has 0 aromatic carbocycles. The van der Waals surface area contributed by atoms with E-state index in [4.69, 9.17) is 0 Å². The zero-order valence-electron chi connectivity index (χ0n) is 7.84. The quantitative estimate of drug-likeness (QED) is 0.650. The fourth-order valence-corrected chi connectivity index (χ4v) is 2.27. The molecule has 2 atom stereocenters. The summed E-state index contributed by atoms with van der Waals surface area (Å²) in [4.78, 5) is 0. The van der Waals surface area contributed by atoms with Gasteiger partial charge in [-0.15, -0.1) is 0 Å². The lowest BCUT2D eigenvalue weighted by Crippen LogP contribution is -2.42. The molecule has 2 aliphatic rings. The molecule has 2 fully saturated rings. The summed E-state index contributed by atoms with van der Waals surface area (Å²) < 4.78 is 0. The monoisotopic (exact) mass is 169 g/mol. The minimum absolute atomic E-state index is 0.319. The van der Waals surface area contributed by atoms with E-state index in [2.05, 4.69) is 12.2 Å². The first-order valence-electron chi connectivity index (χ1n) is 5.13. The van der Waals surface area contributed by atoms with Gasteiger partial charge in [0.2, 0.25) is 0 Å². The van der Waals surface area contributed by atoms with Crippen LogP contribution in [-0.4, -0.2) is 23.8 Å². The van der Waals surface area contributed by atoms with Crippen LogP contribution in [0.2, 0.25) is 0 Å². The maximum Gasteiger partial charge on any atom is 0.0674 e. The van der Waals surface area contributed by atoms with Crippen molar-refractivity contribution in [2.75, 3.05) is 13.1 Å². The third-order valence-electron chi connectivity index (χ3n) is 3.45. The number of piperidine rings is 1. The Balaban J connectivity index is 1.83. The van der Waals surface area contributed by atoms with Crippen molar-refractivity contribution < 1.29 is 5.11 Å². The van der Waals surface area contributed by atoms with Crippen LogP contribution in [0.15, 0.2) is 0 Å². The summed E-state index contributed by atoms with van der Waals surface area (Å²) in [6.07, 6.45) is 4.30. The topological polar surface area (TPSA) is 32.3 Å². The molecular formula is C10H19NO. The van der Waals surface area contributed by atoms with Gasteiger partial charge in [0.25, 0.3) is 0 Å². The van der Waals surface area contributed by atoms with E-state index in [0.717, 1.165) is 44.2 Å². The summed E-state index contributed by atoms with van der Waals surface area (Å²) in [6.45, 7) is 4.28. The smallest absolute Gasteiger partial charge is 0.0674 e. The van der Waals surface area contributed by atoms with Gasteiger partial charge in [-0.05, 0) is 50.6 Å². The van der Waals surface area contributed by atoms with Crippen molar-refractivity contribution in [3.8, 4) is 0 Å². The molecule has 0 spiro atoms. The van der Waals surface area contributed by atoms with Crippen molar-refractivity contribution in [1.82, 2.24) is 5.32 Å². The van der Waals surface area contributed by atoms with Gasteiger partial charge in [-0.2, -0.15) is 0 Å². The molecular weight excluding hydrogens is 150 g/mol. The maximum atomic E-state index is 10.2. The Morgan fingerprint density at radius 3 is 2.50 bits per heavy atom. The standard InChI is InChI=1S/C10H19NO/c1-8-6-9(8)7-10(12)2-4-11-5-3-10/h8-9,11-12H,2-7H2,1H3. The Bertz CT molecular complexity index is 163. The van der Waals surface area contributed by atoms with Crippen LogP contribution in [0.4, 0.5) is 0 Å². The molecule has 1 aliphatic heterocycles. The summed E-state index contributed by atoms with van der Waals surface area (Å²) >= 11 is 0. The molecule has 2 N–H and O–H groups in total. The zero-order valence-corrected chi connectivity index (χ0v) is 7.84. The Morgan fingerprint density at radius 2 is 2.00 bits per heavy atom. The fourth-order valence-electron chi connectivity index (χ4n) is 2.27. The lowest BCUT2D eigenvalue weighted by molar-refractivity contribution is -0.00346. The molecule has 0 bridgehead atoms. The van der Waals surface area contributed by atoms with E-state index >= 15 is 0 Å². The predicted octanol–water partition coefficient (Wildman–Crippen LogP) is 1.15. The molecule has 1 saturated heterocycles. The number of hydrogen-bond donors (Lipinski definition) is 2. The molecule has 2 rings (SSSR count). The highest BCUT2D eigenvalue weighted by Gasteiger charge is 2.40. The van der Waals surface area contributed by atoms with Crippen molar-refractivity contribution in [3.63, 3.8) is 0 Å². The van der Waals surface area contributed by atoms with Gasteiger partial charge in [0.1, 0.15) is 0 Å². The van der Waals surface area contributed by atoms with Gasteiger partial charge in [0.05, 0.1) is 5.60 Å². The van der Waals surface area contributed by atoms with Crippen LogP contribution in [0.1, 0.15) is 32.6 Å². The molecule has 2 heteroatoms. The number of rotatable bonds is 2. The molecule has 0 aromatic rings. The van der Waals surface area contributed by atoms with Gasteiger partial charge in [-0.3, -0.25) is 0 Å². The van der Waals surface area contributed by atoms with Gasteiger partial charge in [-0.1, -0.05) is 6.92 Å². The molecule has 0 aromatic heterocycles. The van der Waals surface area contributed by atoms with Gasteiger partial charge in [0.15, 0.2) is 0 Å². The minimum Gasteiger partial charge on any atom is -0.390 e. The third kappa shape index (κ3) is 1.80. The van der Waals surface area contributed by atoms with Crippen LogP contribution in [0.25, 0.3) is 0 Å². The van der Waals surface area contributed by atoms with Crippen LogP contribution in [0, 0.1) is 11.8 Å². The summed E-state index contributed by atoms with van der Waals surface area (Å²) in [5.74, 6) is 1.71. The summed E-state index contributed by atoms with van der Waals surface area (Å²) in [7, 11) is 0. The van der Waals surface area contributed by atoms with Gasteiger partial charge in [-0.25, -0.2) is 0 Å². The van der Waals surface area contributed by atoms with Gasteiger partial charge < -0.3 is 10.4 Å². The molecule has 0 amide bonds. The Kier molecular flexibility index (Phi) is 2.13. The van der Waals surface area contributed by atoms with E-state index < -0.39 is 0 Å². The second kappa shape index (κ2) is 3.00. The minimum atomic E-state index is -0.319.